The second-order valence-electron chi connectivity index (χ2n) is 4.59. The standard InChI is InChI=1S/C16H20N2O2/c1-4-13-9-12(11-19)10-16(17-13)18(2)14-5-7-15(20-3)8-6-14/h5-10,19H,4,11H2,1-3H3. The van der Waals surface area contributed by atoms with Crippen molar-refractivity contribution in [2.75, 3.05) is 19.1 Å². The van der Waals surface area contributed by atoms with Gasteiger partial charge in [0, 0.05) is 18.4 Å². The maximum Gasteiger partial charge on any atom is 0.133 e. The van der Waals surface area contributed by atoms with Crippen LogP contribution in [0.3, 0.4) is 0 Å². The molecule has 0 radical (unpaired) electrons. The molecule has 0 amide bonds. The van der Waals surface area contributed by atoms with Crippen LogP contribution in [0.5, 0.6) is 5.75 Å². The van der Waals surface area contributed by atoms with Crippen LogP contribution in [0.1, 0.15) is 18.2 Å². The Bertz CT molecular complexity index is 545. The highest BCUT2D eigenvalue weighted by molar-refractivity contribution is 5.60. The van der Waals surface area contributed by atoms with Gasteiger partial charge in [-0.15, -0.1) is 0 Å². The number of nitrogens with zero attached hydrogens (tertiary/aromatic N) is 2. The van der Waals surface area contributed by atoms with E-state index in [1.165, 1.54) is 0 Å². The first-order valence-electron chi connectivity index (χ1n) is 6.66. The summed E-state index contributed by atoms with van der Waals surface area (Å²) < 4.78 is 5.16. The topological polar surface area (TPSA) is 45.6 Å². The van der Waals surface area contributed by atoms with E-state index in [4.69, 9.17) is 4.74 Å². The van der Waals surface area contributed by atoms with Crippen LogP contribution in [0.15, 0.2) is 36.4 Å². The smallest absolute Gasteiger partial charge is 0.133 e. The van der Waals surface area contributed by atoms with E-state index in [9.17, 15) is 5.11 Å². The van der Waals surface area contributed by atoms with E-state index in [0.717, 1.165) is 34.9 Å². The van der Waals surface area contributed by atoms with Gasteiger partial charge >= 0.3 is 0 Å². The molecule has 1 aromatic heterocycles. The summed E-state index contributed by atoms with van der Waals surface area (Å²) in [6.07, 6.45) is 0.845. The Labute approximate surface area is 119 Å². The van der Waals surface area contributed by atoms with Crippen molar-refractivity contribution in [3.05, 3.63) is 47.7 Å². The van der Waals surface area contributed by atoms with Crippen molar-refractivity contribution < 1.29 is 9.84 Å². The minimum absolute atomic E-state index is 0.0268. The Balaban J connectivity index is 2.33. The Morgan fingerprint density at radius 1 is 1.20 bits per heavy atom. The van der Waals surface area contributed by atoms with E-state index in [1.807, 2.05) is 48.3 Å². The molecular weight excluding hydrogens is 252 g/mol. The van der Waals surface area contributed by atoms with Crippen molar-refractivity contribution in [3.8, 4) is 5.75 Å². The van der Waals surface area contributed by atoms with Crippen LogP contribution in [0, 0.1) is 0 Å². The lowest BCUT2D eigenvalue weighted by Gasteiger charge is -2.20. The molecule has 20 heavy (non-hydrogen) atoms. The molecule has 4 heteroatoms. The van der Waals surface area contributed by atoms with Gasteiger partial charge in [-0.3, -0.25) is 0 Å². The summed E-state index contributed by atoms with van der Waals surface area (Å²) in [5, 5.41) is 9.34. The summed E-state index contributed by atoms with van der Waals surface area (Å²) in [6.45, 7) is 2.08. The third kappa shape index (κ3) is 3.08. The van der Waals surface area contributed by atoms with E-state index < -0.39 is 0 Å². The highest BCUT2D eigenvalue weighted by atomic mass is 16.5. The predicted octanol–water partition coefficient (Wildman–Crippen LogP) is 2.91. The zero-order chi connectivity index (χ0) is 14.5. The van der Waals surface area contributed by atoms with Crippen molar-refractivity contribution in [2.45, 2.75) is 20.0 Å². The normalized spacial score (nSPS) is 10.4. The SMILES string of the molecule is CCc1cc(CO)cc(N(C)c2ccc(OC)cc2)n1. The minimum atomic E-state index is 0.0268. The molecule has 0 saturated carbocycles. The summed E-state index contributed by atoms with van der Waals surface area (Å²) >= 11 is 0. The molecule has 1 heterocycles. The van der Waals surface area contributed by atoms with Gasteiger partial charge in [-0.05, 0) is 48.4 Å². The van der Waals surface area contributed by atoms with Crippen LogP contribution < -0.4 is 9.64 Å². The zero-order valence-corrected chi connectivity index (χ0v) is 12.1. The van der Waals surface area contributed by atoms with Gasteiger partial charge in [0.15, 0.2) is 0 Å². The third-order valence-electron chi connectivity index (χ3n) is 3.27. The number of benzene rings is 1. The molecule has 0 fully saturated rings. The average molecular weight is 272 g/mol. The molecule has 2 aromatic rings. The summed E-state index contributed by atoms with van der Waals surface area (Å²) in [5.41, 5.74) is 2.88. The van der Waals surface area contributed by atoms with E-state index in [2.05, 4.69) is 11.9 Å². The number of aliphatic hydroxyl groups is 1. The lowest BCUT2D eigenvalue weighted by atomic mass is 10.2. The first-order valence-corrected chi connectivity index (χ1v) is 6.66. The van der Waals surface area contributed by atoms with Crippen LogP contribution in [0.25, 0.3) is 0 Å². The van der Waals surface area contributed by atoms with Crippen LogP contribution in [0.4, 0.5) is 11.5 Å². The fourth-order valence-electron chi connectivity index (χ4n) is 2.02. The molecule has 1 aromatic carbocycles. The van der Waals surface area contributed by atoms with Gasteiger partial charge in [0.1, 0.15) is 11.6 Å². The second kappa shape index (κ2) is 6.39. The average Bonchev–Trinajstić information content (AvgIpc) is 2.53. The molecule has 106 valence electrons. The molecule has 0 bridgehead atoms. The molecule has 0 saturated heterocycles. The molecule has 0 aliphatic carbocycles. The van der Waals surface area contributed by atoms with Gasteiger partial charge in [0.25, 0.3) is 0 Å². The fourth-order valence-corrected chi connectivity index (χ4v) is 2.02. The van der Waals surface area contributed by atoms with Gasteiger partial charge in [-0.25, -0.2) is 4.98 Å². The number of aryl methyl sites for hydroxylation is 1. The number of methoxy groups -OCH3 is 1. The van der Waals surface area contributed by atoms with E-state index >= 15 is 0 Å². The third-order valence-corrected chi connectivity index (χ3v) is 3.27. The molecular formula is C16H20N2O2. The van der Waals surface area contributed by atoms with Crippen molar-refractivity contribution in [3.63, 3.8) is 0 Å². The summed E-state index contributed by atoms with van der Waals surface area (Å²) in [4.78, 5) is 6.60. The number of aliphatic hydroxyl groups excluding tert-OH is 1. The lowest BCUT2D eigenvalue weighted by molar-refractivity contribution is 0.281. The van der Waals surface area contributed by atoms with Gasteiger partial charge in [0.2, 0.25) is 0 Å². The quantitative estimate of drug-likeness (QED) is 0.909. The van der Waals surface area contributed by atoms with Gasteiger partial charge in [0.05, 0.1) is 13.7 Å². The predicted molar refractivity (Wildman–Crippen MR) is 80.6 cm³/mol. The number of hydrogen-bond acceptors (Lipinski definition) is 4. The lowest BCUT2D eigenvalue weighted by Crippen LogP contribution is -2.12. The monoisotopic (exact) mass is 272 g/mol. The summed E-state index contributed by atoms with van der Waals surface area (Å²) in [6, 6.07) is 11.6. The number of ether oxygens (including phenoxy) is 1. The molecule has 0 spiro atoms. The molecule has 1 N–H and O–H groups in total. The summed E-state index contributed by atoms with van der Waals surface area (Å²) in [5.74, 6) is 1.66. The minimum Gasteiger partial charge on any atom is -0.497 e. The van der Waals surface area contributed by atoms with Gasteiger partial charge in [-0.2, -0.15) is 0 Å². The van der Waals surface area contributed by atoms with Crippen molar-refractivity contribution in [1.82, 2.24) is 4.98 Å². The number of hydrogen-bond donors (Lipinski definition) is 1. The Morgan fingerprint density at radius 2 is 1.90 bits per heavy atom. The molecule has 4 nitrogen and oxygen atoms in total. The number of aromatic nitrogens is 1. The second-order valence-corrected chi connectivity index (χ2v) is 4.59. The highest BCUT2D eigenvalue weighted by Gasteiger charge is 2.08. The zero-order valence-electron chi connectivity index (χ0n) is 12.1. The first kappa shape index (κ1) is 14.3. The largest absolute Gasteiger partial charge is 0.497 e. The van der Waals surface area contributed by atoms with E-state index in [1.54, 1.807) is 7.11 Å². The van der Waals surface area contributed by atoms with Gasteiger partial charge in [-0.1, -0.05) is 6.92 Å². The van der Waals surface area contributed by atoms with Crippen LogP contribution in [0.2, 0.25) is 0 Å². The van der Waals surface area contributed by atoms with Crippen molar-refractivity contribution in [1.29, 1.82) is 0 Å². The molecule has 0 unspecified atom stereocenters. The Hall–Kier alpha value is -2.07. The first-order chi connectivity index (χ1) is 9.67. The van der Waals surface area contributed by atoms with Gasteiger partial charge < -0.3 is 14.7 Å². The number of rotatable bonds is 5. The summed E-state index contributed by atoms with van der Waals surface area (Å²) in [7, 11) is 3.61. The van der Waals surface area contributed by atoms with Crippen molar-refractivity contribution in [2.24, 2.45) is 0 Å². The Morgan fingerprint density at radius 3 is 2.45 bits per heavy atom. The maximum absolute atomic E-state index is 9.34. The molecule has 0 atom stereocenters. The molecule has 0 aliphatic rings. The number of anilines is 2. The van der Waals surface area contributed by atoms with Crippen LogP contribution >= 0.6 is 0 Å². The highest BCUT2D eigenvalue weighted by Crippen LogP contribution is 2.25. The van der Waals surface area contributed by atoms with Crippen LogP contribution in [-0.4, -0.2) is 24.2 Å². The molecule has 0 aliphatic heterocycles. The molecule has 2 rings (SSSR count). The van der Waals surface area contributed by atoms with E-state index in [-0.39, 0.29) is 6.61 Å². The van der Waals surface area contributed by atoms with Crippen LogP contribution in [-0.2, 0) is 13.0 Å². The fraction of sp³-hybridized carbons (Fsp3) is 0.312. The van der Waals surface area contributed by atoms with Crippen molar-refractivity contribution >= 4 is 11.5 Å². The van der Waals surface area contributed by atoms with E-state index in [0.29, 0.717) is 0 Å². The maximum atomic E-state index is 9.34. The Kier molecular flexibility index (Phi) is 4.58. The number of pyridine rings is 1.